The lowest BCUT2D eigenvalue weighted by atomic mass is 9.94. The first-order chi connectivity index (χ1) is 9.77. The predicted molar refractivity (Wildman–Crippen MR) is 78.3 cm³/mol. The minimum atomic E-state index is -1.00. The van der Waals surface area contributed by atoms with Crippen LogP contribution in [0.2, 0.25) is 5.02 Å². The minimum absolute atomic E-state index is 0.104. The molecule has 2 amide bonds. The van der Waals surface area contributed by atoms with Gasteiger partial charge in [0.05, 0.1) is 0 Å². The SMILES string of the molecule is CCC1NC(=O)C(C)(C)N(Cc2cc(F)ccc2Cl)C1=O. The number of hydrogen-bond donors (Lipinski definition) is 1. The van der Waals surface area contributed by atoms with Gasteiger partial charge in [-0.1, -0.05) is 18.5 Å². The maximum Gasteiger partial charge on any atom is 0.246 e. The summed E-state index contributed by atoms with van der Waals surface area (Å²) >= 11 is 6.06. The Labute approximate surface area is 128 Å². The van der Waals surface area contributed by atoms with Crippen molar-refractivity contribution in [1.29, 1.82) is 0 Å². The summed E-state index contributed by atoms with van der Waals surface area (Å²) in [5.41, 5.74) is -0.513. The number of amides is 2. The van der Waals surface area contributed by atoms with Crippen LogP contribution >= 0.6 is 11.6 Å². The summed E-state index contributed by atoms with van der Waals surface area (Å²) in [7, 11) is 0. The number of benzene rings is 1. The molecule has 1 aromatic carbocycles. The average Bonchev–Trinajstić information content (AvgIpc) is 2.43. The zero-order valence-corrected chi connectivity index (χ0v) is 13.0. The lowest BCUT2D eigenvalue weighted by molar-refractivity contribution is -0.156. The number of piperazine rings is 1. The number of nitrogens with one attached hydrogen (secondary N) is 1. The smallest absolute Gasteiger partial charge is 0.246 e. The maximum absolute atomic E-state index is 13.4. The van der Waals surface area contributed by atoms with Crippen LogP contribution in [0.25, 0.3) is 0 Å². The fourth-order valence-corrected chi connectivity index (χ4v) is 2.55. The summed E-state index contributed by atoms with van der Waals surface area (Å²) in [5.74, 6) is -0.822. The molecule has 0 aliphatic carbocycles. The molecule has 1 atom stereocenters. The first kappa shape index (κ1) is 15.8. The molecule has 4 nitrogen and oxygen atoms in total. The van der Waals surface area contributed by atoms with Gasteiger partial charge in [-0.15, -0.1) is 0 Å². The molecule has 6 heteroatoms. The normalized spacial score (nSPS) is 21.4. The molecule has 1 aliphatic heterocycles. The van der Waals surface area contributed by atoms with Crippen LogP contribution in [0.3, 0.4) is 0 Å². The van der Waals surface area contributed by atoms with Crippen molar-refractivity contribution < 1.29 is 14.0 Å². The fraction of sp³-hybridized carbons (Fsp3) is 0.467. The number of halogens is 2. The van der Waals surface area contributed by atoms with Gasteiger partial charge >= 0.3 is 0 Å². The second kappa shape index (κ2) is 5.64. The van der Waals surface area contributed by atoms with Crippen molar-refractivity contribution in [2.75, 3.05) is 0 Å². The third kappa shape index (κ3) is 2.88. The Bertz CT molecular complexity index is 589. The van der Waals surface area contributed by atoms with Gasteiger partial charge in [-0.2, -0.15) is 0 Å². The zero-order chi connectivity index (χ0) is 15.8. The van der Waals surface area contributed by atoms with Crippen LogP contribution in [0.1, 0.15) is 32.8 Å². The van der Waals surface area contributed by atoms with E-state index in [4.69, 9.17) is 11.6 Å². The number of nitrogens with zero attached hydrogens (tertiary/aromatic N) is 1. The van der Waals surface area contributed by atoms with Crippen molar-refractivity contribution in [3.8, 4) is 0 Å². The summed E-state index contributed by atoms with van der Waals surface area (Å²) in [6, 6.07) is 3.46. The maximum atomic E-state index is 13.4. The van der Waals surface area contributed by atoms with Crippen molar-refractivity contribution >= 4 is 23.4 Å². The number of carbonyl (C=O) groups is 2. The molecule has 0 bridgehead atoms. The van der Waals surface area contributed by atoms with E-state index in [1.807, 2.05) is 6.92 Å². The highest BCUT2D eigenvalue weighted by Crippen LogP contribution is 2.27. The quantitative estimate of drug-likeness (QED) is 0.932. The predicted octanol–water partition coefficient (Wildman–Crippen LogP) is 2.49. The van der Waals surface area contributed by atoms with Gasteiger partial charge in [0.15, 0.2) is 0 Å². The van der Waals surface area contributed by atoms with Crippen LogP contribution in [0.4, 0.5) is 4.39 Å². The van der Waals surface area contributed by atoms with Crippen LogP contribution in [-0.4, -0.2) is 28.3 Å². The molecule has 0 aromatic heterocycles. The number of rotatable bonds is 3. The van der Waals surface area contributed by atoms with Gasteiger partial charge in [0.1, 0.15) is 17.4 Å². The molecule has 1 heterocycles. The van der Waals surface area contributed by atoms with E-state index >= 15 is 0 Å². The van der Waals surface area contributed by atoms with Gasteiger partial charge in [-0.25, -0.2) is 4.39 Å². The minimum Gasteiger partial charge on any atom is -0.342 e. The molecule has 1 aliphatic rings. The van der Waals surface area contributed by atoms with E-state index in [0.29, 0.717) is 17.0 Å². The van der Waals surface area contributed by atoms with Gasteiger partial charge < -0.3 is 10.2 Å². The topological polar surface area (TPSA) is 49.4 Å². The average molecular weight is 313 g/mol. The second-order valence-corrected chi connectivity index (χ2v) is 6.06. The molecule has 21 heavy (non-hydrogen) atoms. The van der Waals surface area contributed by atoms with Crippen LogP contribution < -0.4 is 5.32 Å². The van der Waals surface area contributed by atoms with Crippen molar-refractivity contribution in [2.45, 2.75) is 45.3 Å². The van der Waals surface area contributed by atoms with E-state index in [9.17, 15) is 14.0 Å². The molecule has 114 valence electrons. The van der Waals surface area contributed by atoms with E-state index in [-0.39, 0.29) is 18.4 Å². The van der Waals surface area contributed by atoms with Gasteiger partial charge in [0.25, 0.3) is 0 Å². The third-order valence-corrected chi connectivity index (χ3v) is 4.21. The summed E-state index contributed by atoms with van der Waals surface area (Å²) < 4.78 is 13.4. The van der Waals surface area contributed by atoms with Gasteiger partial charge in [-0.3, -0.25) is 9.59 Å². The molecule has 0 saturated carbocycles. The van der Waals surface area contributed by atoms with Crippen molar-refractivity contribution in [2.24, 2.45) is 0 Å². The van der Waals surface area contributed by atoms with Crippen molar-refractivity contribution in [1.82, 2.24) is 10.2 Å². The Balaban J connectivity index is 2.36. The van der Waals surface area contributed by atoms with Gasteiger partial charge in [0, 0.05) is 11.6 Å². The highest BCUT2D eigenvalue weighted by Gasteiger charge is 2.45. The molecule has 1 fully saturated rings. The van der Waals surface area contributed by atoms with Crippen molar-refractivity contribution in [3.05, 3.63) is 34.6 Å². The first-order valence-electron chi connectivity index (χ1n) is 6.83. The van der Waals surface area contributed by atoms with Gasteiger partial charge in [-0.05, 0) is 44.0 Å². The van der Waals surface area contributed by atoms with Crippen LogP contribution in [0.5, 0.6) is 0 Å². The van der Waals surface area contributed by atoms with E-state index in [1.165, 1.54) is 23.1 Å². The number of hydrogen-bond acceptors (Lipinski definition) is 2. The molecular weight excluding hydrogens is 295 g/mol. The lowest BCUT2D eigenvalue weighted by Gasteiger charge is -2.44. The Hall–Kier alpha value is -1.62. The highest BCUT2D eigenvalue weighted by atomic mass is 35.5. The highest BCUT2D eigenvalue weighted by molar-refractivity contribution is 6.31. The van der Waals surface area contributed by atoms with E-state index in [2.05, 4.69) is 5.32 Å². The summed E-state index contributed by atoms with van der Waals surface area (Å²) in [6.07, 6.45) is 0.508. The lowest BCUT2D eigenvalue weighted by Crippen LogP contribution is -2.67. The third-order valence-electron chi connectivity index (χ3n) is 3.84. The summed E-state index contributed by atoms with van der Waals surface area (Å²) in [4.78, 5) is 26.1. The van der Waals surface area contributed by atoms with Crippen LogP contribution in [-0.2, 0) is 16.1 Å². The Morgan fingerprint density at radius 1 is 1.38 bits per heavy atom. The largest absolute Gasteiger partial charge is 0.342 e. The molecule has 2 rings (SSSR count). The Morgan fingerprint density at radius 3 is 2.67 bits per heavy atom. The Morgan fingerprint density at radius 2 is 2.05 bits per heavy atom. The molecule has 1 saturated heterocycles. The molecule has 1 N–H and O–H groups in total. The standard InChI is InChI=1S/C15H18ClFN2O2/c1-4-12-13(20)19(15(2,3)14(21)18-12)8-9-7-10(17)5-6-11(9)16/h5-7,12H,4,8H2,1-3H3,(H,18,21). The summed E-state index contributed by atoms with van der Waals surface area (Å²) in [5, 5.41) is 3.08. The molecule has 1 unspecified atom stereocenters. The fourth-order valence-electron chi connectivity index (χ4n) is 2.37. The van der Waals surface area contributed by atoms with Crippen LogP contribution in [0, 0.1) is 5.82 Å². The molecular formula is C15H18ClFN2O2. The van der Waals surface area contributed by atoms with Crippen molar-refractivity contribution in [3.63, 3.8) is 0 Å². The number of carbonyl (C=O) groups excluding carboxylic acids is 2. The van der Waals surface area contributed by atoms with Gasteiger partial charge in [0.2, 0.25) is 11.8 Å². The second-order valence-electron chi connectivity index (χ2n) is 5.65. The summed E-state index contributed by atoms with van der Waals surface area (Å²) in [6.45, 7) is 5.26. The molecule has 0 spiro atoms. The van der Waals surface area contributed by atoms with E-state index < -0.39 is 17.4 Å². The van der Waals surface area contributed by atoms with E-state index in [1.54, 1.807) is 13.8 Å². The first-order valence-corrected chi connectivity index (χ1v) is 7.21. The van der Waals surface area contributed by atoms with E-state index in [0.717, 1.165) is 0 Å². The molecule has 0 radical (unpaired) electrons. The molecule has 1 aromatic rings. The monoisotopic (exact) mass is 312 g/mol. The van der Waals surface area contributed by atoms with Crippen LogP contribution in [0.15, 0.2) is 18.2 Å². The Kier molecular flexibility index (Phi) is 4.23. The zero-order valence-electron chi connectivity index (χ0n) is 12.2.